The zero-order chi connectivity index (χ0) is 91.7. The Balaban J connectivity index is 1.67. The minimum atomic E-state index is -4.74. The highest BCUT2D eigenvalue weighted by molar-refractivity contribution is 6.31. The molecule has 1 saturated heterocycles. The lowest BCUT2D eigenvalue weighted by Gasteiger charge is -2.44. The summed E-state index contributed by atoms with van der Waals surface area (Å²) in [5, 5.41) is 34.3. The number of pyridine rings is 1. The zero-order valence-electron chi connectivity index (χ0n) is 75.0. The van der Waals surface area contributed by atoms with Gasteiger partial charge in [0.1, 0.15) is 65.5 Å². The van der Waals surface area contributed by atoms with Crippen molar-refractivity contribution in [2.75, 3.05) is 79.6 Å². The fraction of sp³-hybridized carbons (Fsp3) is 0.651. The van der Waals surface area contributed by atoms with Gasteiger partial charge in [-0.05, 0) is 162 Å². The molecular formula is C86H134ClF3N16O15. The van der Waals surface area contributed by atoms with Gasteiger partial charge in [-0.15, -0.1) is 0 Å². The first-order valence-electron chi connectivity index (χ1n) is 41.8. The molecule has 2 heterocycles. The van der Waals surface area contributed by atoms with Gasteiger partial charge in [0.15, 0.2) is 0 Å². The number of nitrogens with one attached hydrogen (secondary N) is 8. The number of nitrogens with zero attached hydrogens (tertiary/aromatic N) is 8. The summed E-state index contributed by atoms with van der Waals surface area (Å²) in [6, 6.07) is -1.83. The summed E-state index contributed by atoms with van der Waals surface area (Å²) in [6.45, 7) is 29.6. The van der Waals surface area contributed by atoms with Crippen molar-refractivity contribution < 1.29 is 85.3 Å². The molecule has 13 atom stereocenters. The topological polar surface area (TPSA) is 383 Å². The molecule has 1 fully saturated rings. The molecule has 0 bridgehead atoms. The van der Waals surface area contributed by atoms with Crippen molar-refractivity contribution in [3.63, 3.8) is 0 Å². The lowest BCUT2D eigenvalue weighted by atomic mass is 9.87. The second-order valence-electron chi connectivity index (χ2n) is 34.4. The zero-order valence-corrected chi connectivity index (χ0v) is 75.7. The van der Waals surface area contributed by atoms with E-state index in [9.17, 15) is 66.2 Å². The highest BCUT2D eigenvalue weighted by atomic mass is 35.5. The Hall–Kier alpha value is -9.70. The molecule has 1 unspecified atom stereocenters. The van der Waals surface area contributed by atoms with Crippen LogP contribution < -0.4 is 47.3 Å². The number of rotatable bonds is 26. The molecule has 31 nitrogen and oxygen atoms in total. The van der Waals surface area contributed by atoms with Gasteiger partial charge in [-0.2, -0.15) is 13.2 Å². The molecule has 0 spiro atoms. The Morgan fingerprint density at radius 1 is 0.570 bits per heavy atom. The van der Waals surface area contributed by atoms with Gasteiger partial charge in [-0.3, -0.25) is 62.5 Å². The van der Waals surface area contributed by atoms with Gasteiger partial charge in [0.2, 0.25) is 65.0 Å². The number of hydrogen-bond donors (Lipinski definition) is 9. The molecule has 4 rings (SSSR count). The van der Waals surface area contributed by atoms with Crippen LogP contribution in [0.2, 0.25) is 5.02 Å². The van der Waals surface area contributed by atoms with Crippen LogP contribution in [0.4, 0.5) is 29.3 Å². The number of benzene rings is 2. The van der Waals surface area contributed by atoms with E-state index in [0.29, 0.717) is 18.2 Å². The van der Waals surface area contributed by atoms with Gasteiger partial charge >= 0.3 is 12.2 Å². The van der Waals surface area contributed by atoms with Crippen molar-refractivity contribution in [1.82, 2.24) is 71.2 Å². The maximum Gasteiger partial charge on any atom is 0.417 e. The fourth-order valence-electron chi connectivity index (χ4n) is 14.6. The van der Waals surface area contributed by atoms with E-state index in [4.69, 9.17) is 16.3 Å². The lowest BCUT2D eigenvalue weighted by Crippen LogP contribution is -2.64. The first kappa shape index (κ1) is 104. The number of halogens is 4. The number of carbonyl (C=O) groups is 13. The van der Waals surface area contributed by atoms with Crippen LogP contribution in [0, 0.1) is 41.4 Å². The number of amides is 14. The summed E-state index contributed by atoms with van der Waals surface area (Å²) in [7, 11) is 10.2. The van der Waals surface area contributed by atoms with E-state index in [-0.39, 0.29) is 117 Å². The number of anilines is 2. The van der Waals surface area contributed by atoms with E-state index >= 15 is 14.4 Å². The van der Waals surface area contributed by atoms with Crippen molar-refractivity contribution in [2.24, 2.45) is 41.4 Å². The number of alkyl halides is 3. The molecule has 1 aromatic heterocycles. The average molecular weight is 1720 g/mol. The molecule has 1 aliphatic rings. The molecule has 0 aliphatic carbocycles. The summed E-state index contributed by atoms with van der Waals surface area (Å²) in [6.07, 6.45) is -3.19. The number of aliphatic hydroxyl groups excluding tert-OH is 1. The molecule has 0 radical (unpaired) electrons. The van der Waals surface area contributed by atoms with E-state index in [1.54, 1.807) is 48.5 Å². The second-order valence-corrected chi connectivity index (χ2v) is 34.8. The lowest BCUT2D eigenvalue weighted by molar-refractivity contribution is -0.156. The molecular weight excluding hydrogens is 1590 g/mol. The van der Waals surface area contributed by atoms with Crippen molar-refractivity contribution in [1.29, 1.82) is 0 Å². The van der Waals surface area contributed by atoms with Crippen LogP contribution in [0.3, 0.4) is 0 Å². The van der Waals surface area contributed by atoms with Crippen molar-refractivity contribution >= 4 is 99.9 Å². The average Bonchev–Trinajstić information content (AvgIpc) is 0.808. The Labute approximate surface area is 716 Å². The van der Waals surface area contributed by atoms with Gasteiger partial charge in [-0.25, -0.2) is 4.79 Å². The number of carbonyl (C=O) groups excluding carboxylic acids is 13. The molecule has 2 aromatic carbocycles. The molecule has 1 aliphatic heterocycles. The first-order chi connectivity index (χ1) is 56.3. The second kappa shape index (κ2) is 47.6. The van der Waals surface area contributed by atoms with Gasteiger partial charge in [0.05, 0.1) is 35.3 Å². The quantitative estimate of drug-likeness (QED) is 0.0339. The third-order valence-electron chi connectivity index (χ3n) is 21.7. The number of ether oxygens (including phenoxy) is 1. The number of urea groups is 1. The third-order valence-corrected chi connectivity index (χ3v) is 22.1. The summed E-state index contributed by atoms with van der Waals surface area (Å²) in [4.78, 5) is 201. The summed E-state index contributed by atoms with van der Waals surface area (Å²) >= 11 is 5.70. The predicted molar refractivity (Wildman–Crippen MR) is 457 cm³/mol. The van der Waals surface area contributed by atoms with E-state index in [0.717, 1.165) is 6.07 Å². The maximum atomic E-state index is 15.7. The smallest absolute Gasteiger partial charge is 0.417 e. The molecule has 121 heavy (non-hydrogen) atoms. The highest BCUT2D eigenvalue weighted by Crippen LogP contribution is 2.37. The van der Waals surface area contributed by atoms with Gasteiger partial charge in [0, 0.05) is 98.5 Å². The Kier molecular flexibility index (Phi) is 40.8. The minimum absolute atomic E-state index is 0.0109. The standard InChI is InChI=1S/C86H134ClF3N16O15/c1-25-63-80(115)100(18)46-70(108)101(19)65(36-29-47(2)3)77(112)99-71(51(10)11)83(118)102(20)66(41-48(4)5)78(113)95-55(16)75(110)96-56(17)79(114)103(21)67(42-49(6)7)81(116)104(22)68(43-50(8)9)82(117)105(23)72(52(12)13)84(119)106(24)73(54(15)94-63)74(109)53(14)27-26-28-69(107)92-39-40-93-76(111)64-45-60(37-38-91-64)121-59-33-30-57(31-34-59)97-85(120)98-58-32-35-62(87)61(44-58)86(88,89)90/h30-35,37-38,44-45,47-56,63,65-68,71-74,94,109H,25-29,36,39-43,46H2,1-24H3,(H,92,107)(H,93,111)(H,95,113)(H,96,110)(H,99,112)(H2,97,98,120)/t53-,54?,55+,56-,63+,65+,66+,67+,68+,71+,72+,73-,74-/m1/s1. The number of aromatic nitrogens is 1. The molecule has 14 amide bonds. The first-order valence-corrected chi connectivity index (χ1v) is 42.2. The molecule has 35 heteroatoms. The molecule has 0 saturated carbocycles. The molecule has 676 valence electrons. The van der Waals surface area contributed by atoms with E-state index in [1.165, 1.54) is 146 Å². The van der Waals surface area contributed by atoms with E-state index in [1.807, 2.05) is 55.4 Å². The third kappa shape index (κ3) is 30.7. The largest absolute Gasteiger partial charge is 0.457 e. The van der Waals surface area contributed by atoms with E-state index in [2.05, 4.69) is 47.5 Å². The summed E-state index contributed by atoms with van der Waals surface area (Å²) < 4.78 is 46.0. The highest BCUT2D eigenvalue weighted by Gasteiger charge is 2.46. The Morgan fingerprint density at radius 3 is 1.65 bits per heavy atom. The van der Waals surface area contributed by atoms with Crippen LogP contribution >= 0.6 is 11.6 Å². The Morgan fingerprint density at radius 2 is 1.10 bits per heavy atom. The number of aliphatic hydroxyl groups is 1. The van der Waals surface area contributed by atoms with Crippen molar-refractivity contribution in [3.05, 3.63) is 77.1 Å². The van der Waals surface area contributed by atoms with Crippen LogP contribution in [0.15, 0.2) is 60.8 Å². The van der Waals surface area contributed by atoms with Crippen LogP contribution in [0.25, 0.3) is 0 Å². The SMILES string of the molecule is CC[C@@H]1NC(C)[C@H]([C@H](O)[C@H](C)CCCC(=O)NCCNC(=O)c2cc(Oc3ccc(NC(=O)Nc4ccc(Cl)c(C(F)(F)F)c4)cc3)ccn2)N(C)C(=O)[C@H](C(C)C)N(C)C(=O)[C@H](CC(C)C)N(C)C(=O)[C@H](CC(C)C)N(C)C(=O)[C@@H](C)NC(=O)[C@H](C)NC(=O)[C@H](CC(C)C)N(C)C(=O)[C@H](C(C)C)NC(=O)[C@H](CCC(C)C)N(C)C(=O)CN(C)C1=O. The monoisotopic (exact) mass is 1720 g/mol. The van der Waals surface area contributed by atoms with Gasteiger partial charge in [0.25, 0.3) is 5.91 Å². The van der Waals surface area contributed by atoms with Crippen molar-refractivity contribution in [2.45, 2.75) is 254 Å². The van der Waals surface area contributed by atoms with Crippen LogP contribution in [-0.4, -0.2) is 263 Å². The molecule has 3 aromatic rings. The molecule has 9 N–H and O–H groups in total. The number of hydrogen-bond acceptors (Lipinski definition) is 17. The van der Waals surface area contributed by atoms with E-state index < -0.39 is 185 Å². The normalized spacial score (nSPS) is 22.9. The fourth-order valence-corrected chi connectivity index (χ4v) is 14.8. The summed E-state index contributed by atoms with van der Waals surface area (Å²) in [5.74, 6) is -9.12. The maximum absolute atomic E-state index is 15.7. The van der Waals surface area contributed by atoms with Crippen LogP contribution in [0.1, 0.15) is 192 Å². The van der Waals surface area contributed by atoms with Gasteiger partial charge < -0.3 is 86.7 Å². The summed E-state index contributed by atoms with van der Waals surface area (Å²) in [5.41, 5.74) is -1.00. The minimum Gasteiger partial charge on any atom is -0.457 e. The van der Waals surface area contributed by atoms with Gasteiger partial charge in [-0.1, -0.05) is 109 Å². The predicted octanol–water partition coefficient (Wildman–Crippen LogP) is 8.77. The van der Waals surface area contributed by atoms with Crippen LogP contribution in [-0.2, 0) is 58.9 Å². The van der Waals surface area contributed by atoms with Crippen molar-refractivity contribution in [3.8, 4) is 11.5 Å². The Bertz CT molecular complexity index is 4020. The number of likely N-dealkylation sites (N-methyl/N-ethyl adjacent to an activating group) is 7. The van der Waals surface area contributed by atoms with Crippen LogP contribution in [0.5, 0.6) is 11.5 Å².